The Bertz CT molecular complexity index is 601. The van der Waals surface area contributed by atoms with Gasteiger partial charge in [-0.1, -0.05) is 6.07 Å². The number of benzene rings is 1. The molecule has 1 amide bonds. The Balaban J connectivity index is 1.37. The molecule has 1 aromatic rings. The van der Waals surface area contributed by atoms with Gasteiger partial charge in [0.15, 0.2) is 11.5 Å². The van der Waals surface area contributed by atoms with Crippen LogP contribution in [0.1, 0.15) is 30.9 Å². The molecular formula is C18H25N3O3. The summed E-state index contributed by atoms with van der Waals surface area (Å²) in [6.07, 6.45) is 2.93. The Morgan fingerprint density at radius 3 is 2.88 bits per heavy atom. The van der Waals surface area contributed by atoms with Crippen molar-refractivity contribution in [1.82, 2.24) is 15.1 Å². The molecule has 1 N–H and O–H groups in total. The van der Waals surface area contributed by atoms with Crippen LogP contribution in [0.25, 0.3) is 0 Å². The highest BCUT2D eigenvalue weighted by Gasteiger charge is 2.28. The maximum Gasteiger partial charge on any atom is 0.231 e. The molecule has 0 bridgehead atoms. The largest absolute Gasteiger partial charge is 0.454 e. The van der Waals surface area contributed by atoms with Gasteiger partial charge in [-0.05, 0) is 37.1 Å². The van der Waals surface area contributed by atoms with E-state index in [9.17, 15) is 4.79 Å². The average Bonchev–Trinajstić information content (AvgIpc) is 3.28. The van der Waals surface area contributed by atoms with Gasteiger partial charge in [-0.2, -0.15) is 0 Å². The molecule has 1 unspecified atom stereocenters. The molecule has 6 heteroatoms. The molecule has 1 atom stereocenters. The van der Waals surface area contributed by atoms with Crippen LogP contribution in [0.2, 0.25) is 0 Å². The predicted octanol–water partition coefficient (Wildman–Crippen LogP) is 1.37. The third-order valence-electron chi connectivity index (χ3n) is 5.23. The van der Waals surface area contributed by atoms with Crippen molar-refractivity contribution in [2.24, 2.45) is 0 Å². The monoisotopic (exact) mass is 331 g/mol. The van der Waals surface area contributed by atoms with Crippen molar-refractivity contribution in [1.29, 1.82) is 0 Å². The summed E-state index contributed by atoms with van der Waals surface area (Å²) in [6, 6.07) is 6.62. The van der Waals surface area contributed by atoms with Crippen molar-refractivity contribution in [3.63, 3.8) is 0 Å². The lowest BCUT2D eigenvalue weighted by Crippen LogP contribution is -2.47. The number of hydrogen-bond donors (Lipinski definition) is 1. The standard InChI is InChI=1S/C18H25N3O3/c22-18(21-10-6-19-7-11-21)5-9-20-8-1-2-15(20)14-3-4-16-17(12-14)24-13-23-16/h3-4,12,15,19H,1-2,5-11,13H2. The number of carbonyl (C=O) groups excluding carboxylic acids is 1. The van der Waals surface area contributed by atoms with Crippen molar-refractivity contribution in [3.05, 3.63) is 23.8 Å². The van der Waals surface area contributed by atoms with Gasteiger partial charge in [0.1, 0.15) is 0 Å². The first kappa shape index (κ1) is 15.7. The molecule has 0 saturated carbocycles. The van der Waals surface area contributed by atoms with Gasteiger partial charge in [0.2, 0.25) is 12.7 Å². The lowest BCUT2D eigenvalue weighted by Gasteiger charge is -2.29. The van der Waals surface area contributed by atoms with Crippen LogP contribution in [0.15, 0.2) is 18.2 Å². The Labute approximate surface area is 142 Å². The molecule has 3 heterocycles. The van der Waals surface area contributed by atoms with Crippen molar-refractivity contribution < 1.29 is 14.3 Å². The molecular weight excluding hydrogens is 306 g/mol. The highest BCUT2D eigenvalue weighted by Crippen LogP contribution is 2.38. The molecule has 1 aromatic carbocycles. The average molecular weight is 331 g/mol. The fourth-order valence-electron chi connectivity index (χ4n) is 3.90. The zero-order chi connectivity index (χ0) is 16.4. The summed E-state index contributed by atoms with van der Waals surface area (Å²) >= 11 is 0. The molecule has 2 saturated heterocycles. The molecule has 3 aliphatic rings. The van der Waals surface area contributed by atoms with Crippen molar-refractivity contribution in [3.8, 4) is 11.5 Å². The van der Waals surface area contributed by atoms with E-state index in [0.717, 1.165) is 57.2 Å². The number of nitrogens with one attached hydrogen (secondary N) is 1. The number of rotatable bonds is 4. The summed E-state index contributed by atoms with van der Waals surface area (Å²) in [6.45, 7) is 5.71. The number of ether oxygens (including phenoxy) is 2. The fraction of sp³-hybridized carbons (Fsp3) is 0.611. The third kappa shape index (κ3) is 3.21. The number of piperazine rings is 1. The summed E-state index contributed by atoms with van der Waals surface area (Å²) < 4.78 is 10.9. The number of likely N-dealkylation sites (tertiary alicyclic amines) is 1. The Kier molecular flexibility index (Phi) is 4.58. The van der Waals surface area contributed by atoms with Crippen molar-refractivity contribution in [2.45, 2.75) is 25.3 Å². The van der Waals surface area contributed by atoms with E-state index >= 15 is 0 Å². The van der Waals surface area contributed by atoms with E-state index in [1.54, 1.807) is 0 Å². The van der Waals surface area contributed by atoms with E-state index in [4.69, 9.17) is 9.47 Å². The van der Waals surface area contributed by atoms with E-state index in [2.05, 4.69) is 22.3 Å². The molecule has 2 fully saturated rings. The van der Waals surface area contributed by atoms with Crippen molar-refractivity contribution >= 4 is 5.91 Å². The van der Waals surface area contributed by atoms with Gasteiger partial charge in [0, 0.05) is 45.2 Å². The number of nitrogens with zero attached hydrogens (tertiary/aromatic N) is 2. The van der Waals surface area contributed by atoms with E-state index in [1.807, 2.05) is 11.0 Å². The number of hydrogen-bond acceptors (Lipinski definition) is 5. The number of fused-ring (bicyclic) bond motifs is 1. The maximum absolute atomic E-state index is 12.4. The second kappa shape index (κ2) is 6.99. The second-order valence-electron chi connectivity index (χ2n) is 6.69. The van der Waals surface area contributed by atoms with Gasteiger partial charge in [0.05, 0.1) is 0 Å². The Morgan fingerprint density at radius 1 is 1.17 bits per heavy atom. The van der Waals surface area contributed by atoms with Crippen LogP contribution in [0.5, 0.6) is 11.5 Å². The highest BCUT2D eigenvalue weighted by atomic mass is 16.7. The fourth-order valence-corrected chi connectivity index (χ4v) is 3.90. The molecule has 4 rings (SSSR count). The third-order valence-corrected chi connectivity index (χ3v) is 5.23. The first-order chi connectivity index (χ1) is 11.8. The van der Waals surface area contributed by atoms with E-state index in [-0.39, 0.29) is 5.91 Å². The van der Waals surface area contributed by atoms with Gasteiger partial charge in [-0.25, -0.2) is 0 Å². The van der Waals surface area contributed by atoms with Crippen LogP contribution in [-0.2, 0) is 4.79 Å². The molecule has 6 nitrogen and oxygen atoms in total. The van der Waals surface area contributed by atoms with Crippen LogP contribution in [0.3, 0.4) is 0 Å². The quantitative estimate of drug-likeness (QED) is 0.903. The van der Waals surface area contributed by atoms with Crippen LogP contribution >= 0.6 is 0 Å². The topological polar surface area (TPSA) is 54.0 Å². The number of amides is 1. The first-order valence-corrected chi connectivity index (χ1v) is 8.93. The summed E-state index contributed by atoms with van der Waals surface area (Å²) in [5.41, 5.74) is 1.27. The van der Waals surface area contributed by atoms with Crippen LogP contribution in [0, 0.1) is 0 Å². The Morgan fingerprint density at radius 2 is 2.00 bits per heavy atom. The minimum atomic E-state index is 0.285. The maximum atomic E-state index is 12.4. The Hall–Kier alpha value is -1.79. The van der Waals surface area contributed by atoms with Gasteiger partial charge < -0.3 is 19.7 Å². The minimum absolute atomic E-state index is 0.285. The highest BCUT2D eigenvalue weighted by molar-refractivity contribution is 5.76. The normalized spacial score (nSPS) is 23.7. The number of carbonyl (C=O) groups is 1. The molecule has 0 aliphatic carbocycles. The van der Waals surface area contributed by atoms with Crippen molar-refractivity contribution in [2.75, 3.05) is 46.1 Å². The van der Waals surface area contributed by atoms with E-state index < -0.39 is 0 Å². The molecule has 0 radical (unpaired) electrons. The minimum Gasteiger partial charge on any atom is -0.454 e. The van der Waals surface area contributed by atoms with Gasteiger partial charge in [-0.3, -0.25) is 9.69 Å². The van der Waals surface area contributed by atoms with E-state index in [0.29, 0.717) is 19.3 Å². The second-order valence-corrected chi connectivity index (χ2v) is 6.69. The molecule has 0 aromatic heterocycles. The summed E-state index contributed by atoms with van der Waals surface area (Å²) in [7, 11) is 0. The molecule has 3 aliphatic heterocycles. The van der Waals surface area contributed by atoms with Gasteiger partial charge in [-0.15, -0.1) is 0 Å². The predicted molar refractivity (Wildman–Crippen MR) is 90.2 cm³/mol. The molecule has 24 heavy (non-hydrogen) atoms. The van der Waals surface area contributed by atoms with Crippen LogP contribution < -0.4 is 14.8 Å². The molecule has 130 valence electrons. The lowest BCUT2D eigenvalue weighted by molar-refractivity contribution is -0.132. The summed E-state index contributed by atoms with van der Waals surface area (Å²) in [4.78, 5) is 16.8. The SMILES string of the molecule is O=C(CCN1CCCC1c1ccc2c(c1)OCO2)N1CCNCC1. The zero-order valence-electron chi connectivity index (χ0n) is 14.0. The van der Waals surface area contributed by atoms with Crippen LogP contribution in [0.4, 0.5) is 0 Å². The van der Waals surface area contributed by atoms with Gasteiger partial charge in [0.25, 0.3) is 0 Å². The molecule has 0 spiro atoms. The smallest absolute Gasteiger partial charge is 0.231 e. The van der Waals surface area contributed by atoms with Gasteiger partial charge >= 0.3 is 0 Å². The zero-order valence-corrected chi connectivity index (χ0v) is 14.0. The van der Waals surface area contributed by atoms with E-state index in [1.165, 1.54) is 12.0 Å². The van der Waals surface area contributed by atoms with Crippen LogP contribution in [-0.4, -0.2) is 61.8 Å². The first-order valence-electron chi connectivity index (χ1n) is 8.93. The lowest BCUT2D eigenvalue weighted by atomic mass is 10.0. The summed E-state index contributed by atoms with van der Waals surface area (Å²) in [5, 5.41) is 3.29. The summed E-state index contributed by atoms with van der Waals surface area (Å²) in [5.74, 6) is 1.96.